The average molecular weight is 334 g/mol. The third kappa shape index (κ3) is 3.02. The number of aromatic nitrogens is 5. The molecule has 1 fully saturated rings. The van der Waals surface area contributed by atoms with Gasteiger partial charge in [0.15, 0.2) is 11.5 Å². The number of aryl methyl sites for hydroxylation is 1. The molecule has 3 N–H and O–H groups in total. The van der Waals surface area contributed by atoms with E-state index >= 15 is 0 Å². The minimum Gasteiger partial charge on any atom is -0.336 e. The van der Waals surface area contributed by atoms with E-state index in [4.69, 9.17) is 5.73 Å². The number of halogens is 1. The lowest BCUT2D eigenvalue weighted by atomic mass is 9.99. The highest BCUT2D eigenvalue weighted by molar-refractivity contribution is 5.85. The van der Waals surface area contributed by atoms with Crippen LogP contribution in [0.5, 0.6) is 0 Å². The van der Waals surface area contributed by atoms with Crippen LogP contribution in [-0.2, 0) is 7.05 Å². The molecule has 0 bridgehead atoms. The highest BCUT2D eigenvalue weighted by Crippen LogP contribution is 2.35. The zero-order chi connectivity index (χ0) is 15.1. The molecule has 0 radical (unpaired) electrons. The Morgan fingerprint density at radius 2 is 2.22 bits per heavy atom. The second-order valence-corrected chi connectivity index (χ2v) is 5.99. The third-order valence-electron chi connectivity index (χ3n) is 4.32. The molecule has 2 atom stereocenters. The largest absolute Gasteiger partial charge is 0.336 e. The van der Waals surface area contributed by atoms with Crippen molar-refractivity contribution in [2.24, 2.45) is 12.8 Å². The number of nitrogens with two attached hydrogens (primary N) is 1. The van der Waals surface area contributed by atoms with Crippen LogP contribution < -0.4 is 11.1 Å². The van der Waals surface area contributed by atoms with Gasteiger partial charge >= 0.3 is 0 Å². The number of nitrogens with zero attached hydrogens (tertiary/aromatic N) is 5. The van der Waals surface area contributed by atoms with E-state index in [2.05, 4.69) is 32.8 Å². The maximum atomic E-state index is 6.06. The van der Waals surface area contributed by atoms with Crippen molar-refractivity contribution in [3.05, 3.63) is 36.4 Å². The molecule has 4 rings (SSSR count). The van der Waals surface area contributed by atoms with Gasteiger partial charge in [0.2, 0.25) is 0 Å². The summed E-state index contributed by atoms with van der Waals surface area (Å²) in [5.74, 6) is 1.29. The Bertz CT molecular complexity index is 809. The van der Waals surface area contributed by atoms with Crippen molar-refractivity contribution in [3.63, 3.8) is 0 Å². The van der Waals surface area contributed by atoms with Crippen molar-refractivity contribution in [2.45, 2.75) is 31.2 Å². The van der Waals surface area contributed by atoms with E-state index in [1.165, 1.54) is 5.56 Å². The summed E-state index contributed by atoms with van der Waals surface area (Å²) in [7, 11) is 1.90. The number of hydrogen-bond acceptors (Lipinski definition) is 5. The van der Waals surface area contributed by atoms with Gasteiger partial charge in [0.05, 0.1) is 5.69 Å². The molecular formula is C15H20ClN7. The second kappa shape index (κ2) is 6.17. The minimum atomic E-state index is 0. The lowest BCUT2D eigenvalue weighted by molar-refractivity contribution is 0.671. The molecule has 1 saturated carbocycles. The first-order valence-electron chi connectivity index (χ1n) is 7.54. The summed E-state index contributed by atoms with van der Waals surface area (Å²) < 4.78 is 3.59. The standard InChI is InChI=1S/C15H19N7.ClH/c1-21-5-4-14(20-21)19-13-7-11(10-2-3-12(16)6-10)8-22-15(13)17-9-18-22;/h4-5,7-10,12H,2-3,6,16H2,1H3,(H,19,20);1H/t10-,12+;/m0./s1. The fourth-order valence-corrected chi connectivity index (χ4v) is 3.20. The van der Waals surface area contributed by atoms with Crippen LogP contribution in [0, 0.1) is 0 Å². The molecule has 0 aliphatic heterocycles. The molecule has 23 heavy (non-hydrogen) atoms. The molecule has 0 saturated heterocycles. The van der Waals surface area contributed by atoms with Gasteiger partial charge in [-0.05, 0) is 36.8 Å². The molecule has 0 unspecified atom stereocenters. The molecule has 1 aliphatic rings. The monoisotopic (exact) mass is 333 g/mol. The molecule has 3 heterocycles. The Morgan fingerprint density at radius 3 is 2.91 bits per heavy atom. The minimum absolute atomic E-state index is 0. The summed E-state index contributed by atoms with van der Waals surface area (Å²) in [4.78, 5) is 4.33. The lowest BCUT2D eigenvalue weighted by Crippen LogP contribution is -2.14. The van der Waals surface area contributed by atoms with Crippen LogP contribution >= 0.6 is 12.4 Å². The highest BCUT2D eigenvalue weighted by atomic mass is 35.5. The first-order chi connectivity index (χ1) is 10.7. The second-order valence-electron chi connectivity index (χ2n) is 5.99. The Labute approximate surface area is 140 Å². The summed E-state index contributed by atoms with van der Waals surface area (Å²) in [5.41, 5.74) is 9.04. The molecule has 0 amide bonds. The van der Waals surface area contributed by atoms with E-state index in [-0.39, 0.29) is 12.4 Å². The molecule has 0 spiro atoms. The van der Waals surface area contributed by atoms with Crippen LogP contribution in [0.1, 0.15) is 30.7 Å². The molecule has 7 nitrogen and oxygen atoms in total. The van der Waals surface area contributed by atoms with E-state index in [0.717, 1.165) is 36.4 Å². The van der Waals surface area contributed by atoms with Crippen molar-refractivity contribution in [1.29, 1.82) is 0 Å². The molecule has 122 valence electrons. The first kappa shape index (κ1) is 15.8. The fourth-order valence-electron chi connectivity index (χ4n) is 3.20. The van der Waals surface area contributed by atoms with Crippen molar-refractivity contribution in [2.75, 3.05) is 5.32 Å². The van der Waals surface area contributed by atoms with Gasteiger partial charge < -0.3 is 11.1 Å². The molecular weight excluding hydrogens is 314 g/mol. The van der Waals surface area contributed by atoms with E-state index in [0.29, 0.717) is 12.0 Å². The molecule has 8 heteroatoms. The molecule has 1 aliphatic carbocycles. The van der Waals surface area contributed by atoms with Gasteiger partial charge in [-0.15, -0.1) is 12.4 Å². The average Bonchev–Trinajstić information content (AvgIpc) is 3.20. The van der Waals surface area contributed by atoms with Gasteiger partial charge in [-0.1, -0.05) is 0 Å². The summed E-state index contributed by atoms with van der Waals surface area (Å²) in [5, 5.41) is 12.0. The number of nitrogens with one attached hydrogen (secondary N) is 1. The van der Waals surface area contributed by atoms with Crippen LogP contribution in [0.3, 0.4) is 0 Å². The lowest BCUT2D eigenvalue weighted by Gasteiger charge is -2.13. The van der Waals surface area contributed by atoms with Crippen LogP contribution in [0.4, 0.5) is 11.5 Å². The van der Waals surface area contributed by atoms with Gasteiger partial charge in [-0.2, -0.15) is 10.2 Å². The van der Waals surface area contributed by atoms with Gasteiger partial charge in [0, 0.05) is 31.5 Å². The van der Waals surface area contributed by atoms with Crippen LogP contribution in [0.25, 0.3) is 5.65 Å². The highest BCUT2D eigenvalue weighted by Gasteiger charge is 2.24. The Morgan fingerprint density at radius 1 is 1.35 bits per heavy atom. The van der Waals surface area contributed by atoms with Crippen LogP contribution in [0.2, 0.25) is 0 Å². The molecule has 3 aromatic rings. The predicted molar refractivity (Wildman–Crippen MR) is 91.3 cm³/mol. The maximum Gasteiger partial charge on any atom is 0.178 e. The Kier molecular flexibility index (Phi) is 4.23. The molecule has 0 aromatic carbocycles. The number of anilines is 2. The number of hydrogen-bond donors (Lipinski definition) is 2. The van der Waals surface area contributed by atoms with Crippen molar-refractivity contribution in [1.82, 2.24) is 24.4 Å². The van der Waals surface area contributed by atoms with Crippen LogP contribution in [0.15, 0.2) is 30.9 Å². The maximum absolute atomic E-state index is 6.06. The van der Waals surface area contributed by atoms with Crippen LogP contribution in [-0.4, -0.2) is 30.4 Å². The van der Waals surface area contributed by atoms with E-state index in [1.54, 1.807) is 11.0 Å². The zero-order valence-electron chi connectivity index (χ0n) is 12.9. The van der Waals surface area contributed by atoms with Crippen molar-refractivity contribution in [3.8, 4) is 0 Å². The van der Waals surface area contributed by atoms with Gasteiger partial charge in [-0.3, -0.25) is 4.68 Å². The van der Waals surface area contributed by atoms with E-state index in [9.17, 15) is 0 Å². The Balaban J connectivity index is 0.00000156. The smallest absolute Gasteiger partial charge is 0.178 e. The quantitative estimate of drug-likeness (QED) is 0.767. The normalized spacial score (nSPS) is 20.6. The Hall–Kier alpha value is -2.12. The SMILES string of the molecule is Cl.Cn1ccc(Nc2cc([C@H]3CC[C@@H](N)C3)cn3ncnc23)n1. The molecule has 3 aromatic heterocycles. The van der Waals surface area contributed by atoms with Crippen molar-refractivity contribution >= 4 is 29.6 Å². The first-order valence-corrected chi connectivity index (χ1v) is 7.54. The summed E-state index contributed by atoms with van der Waals surface area (Å²) in [6, 6.07) is 4.40. The van der Waals surface area contributed by atoms with E-state index < -0.39 is 0 Å². The summed E-state index contributed by atoms with van der Waals surface area (Å²) in [6.45, 7) is 0. The van der Waals surface area contributed by atoms with E-state index in [1.807, 2.05) is 23.8 Å². The van der Waals surface area contributed by atoms with Crippen molar-refractivity contribution < 1.29 is 0 Å². The number of rotatable bonds is 3. The van der Waals surface area contributed by atoms with Gasteiger partial charge in [-0.25, -0.2) is 9.50 Å². The zero-order valence-corrected chi connectivity index (χ0v) is 13.7. The third-order valence-corrected chi connectivity index (χ3v) is 4.32. The van der Waals surface area contributed by atoms with Gasteiger partial charge in [0.25, 0.3) is 0 Å². The predicted octanol–water partition coefficient (Wildman–Crippen LogP) is 2.22. The topological polar surface area (TPSA) is 86.1 Å². The number of fused-ring (bicyclic) bond motifs is 1. The number of pyridine rings is 1. The summed E-state index contributed by atoms with van der Waals surface area (Å²) in [6.07, 6.45) is 8.79. The van der Waals surface area contributed by atoms with Gasteiger partial charge in [0.1, 0.15) is 6.33 Å². The fraction of sp³-hybridized carbons (Fsp3) is 0.400. The summed E-state index contributed by atoms with van der Waals surface area (Å²) >= 11 is 0.